The molecule has 0 aliphatic carbocycles. The predicted molar refractivity (Wildman–Crippen MR) is 96.2 cm³/mol. The third-order valence-electron chi connectivity index (χ3n) is 3.84. The van der Waals surface area contributed by atoms with E-state index in [1.807, 2.05) is 13.8 Å². The Kier molecular flexibility index (Phi) is 5.19. The van der Waals surface area contributed by atoms with Crippen LogP contribution in [0.15, 0.2) is 24.4 Å². The fourth-order valence-corrected chi connectivity index (χ4v) is 2.52. The molecular weight excluding hydrogens is 318 g/mol. The van der Waals surface area contributed by atoms with E-state index in [1.165, 1.54) is 0 Å². The molecule has 2 aromatic rings. The molecule has 0 radical (unpaired) electrons. The lowest BCUT2D eigenvalue weighted by atomic mass is 10.0. The van der Waals surface area contributed by atoms with Crippen molar-refractivity contribution >= 4 is 5.91 Å². The molecule has 0 bridgehead atoms. The van der Waals surface area contributed by atoms with Crippen LogP contribution < -0.4 is 10.5 Å². The fraction of sp³-hybridized carbons (Fsp3) is 0.368. The van der Waals surface area contributed by atoms with Crippen molar-refractivity contribution in [1.29, 1.82) is 0 Å². The molecule has 1 unspecified atom stereocenters. The minimum absolute atomic E-state index is 0.161. The Morgan fingerprint density at radius 3 is 2.72 bits per heavy atom. The van der Waals surface area contributed by atoms with Crippen molar-refractivity contribution < 1.29 is 14.6 Å². The quantitative estimate of drug-likeness (QED) is 0.819. The van der Waals surface area contributed by atoms with Gasteiger partial charge >= 0.3 is 0 Å². The van der Waals surface area contributed by atoms with Crippen LogP contribution in [0.1, 0.15) is 43.7 Å². The second kappa shape index (κ2) is 6.99. The lowest BCUT2D eigenvalue weighted by Gasteiger charge is -2.29. The number of carbonyl (C=O) groups is 1. The Bertz CT molecular complexity index is 825. The van der Waals surface area contributed by atoms with Crippen molar-refractivity contribution in [3.05, 3.63) is 35.7 Å². The maximum absolute atomic E-state index is 11.5. The number of ether oxygens (including phenoxy) is 1. The van der Waals surface area contributed by atoms with Crippen LogP contribution in [-0.2, 0) is 6.54 Å². The number of hydrogen-bond acceptors (Lipinski definition) is 4. The molecule has 3 rings (SSSR count). The van der Waals surface area contributed by atoms with Crippen molar-refractivity contribution in [2.75, 3.05) is 0 Å². The van der Waals surface area contributed by atoms with E-state index in [0.717, 1.165) is 0 Å². The minimum atomic E-state index is -1.08. The third kappa shape index (κ3) is 3.67. The standard InChI is InChI=1S/C17H17N3O3.C2H6/c1-4-10-5-6-13-11(7-10)16-19-12(15(18)21)8-20(16)9-14(23-13)17(2,3)22;1-2/h1,5-8,14,22H,9H2,2-3H3,(H2,18,21);1-2H3. The van der Waals surface area contributed by atoms with E-state index >= 15 is 0 Å². The molecule has 6 heteroatoms. The Balaban J connectivity index is 0.00000109. The first kappa shape index (κ1) is 18.6. The first-order valence-electron chi connectivity index (χ1n) is 8.16. The zero-order valence-electron chi connectivity index (χ0n) is 14.9. The summed E-state index contributed by atoms with van der Waals surface area (Å²) < 4.78 is 7.73. The zero-order valence-corrected chi connectivity index (χ0v) is 14.9. The highest BCUT2D eigenvalue weighted by Crippen LogP contribution is 2.36. The van der Waals surface area contributed by atoms with E-state index in [0.29, 0.717) is 29.2 Å². The smallest absolute Gasteiger partial charge is 0.268 e. The summed E-state index contributed by atoms with van der Waals surface area (Å²) in [6.45, 7) is 7.67. The van der Waals surface area contributed by atoms with Gasteiger partial charge in [0.2, 0.25) is 0 Å². The van der Waals surface area contributed by atoms with Crippen LogP contribution in [0.3, 0.4) is 0 Å². The molecule has 1 aromatic heterocycles. The van der Waals surface area contributed by atoms with Crippen LogP contribution in [0.4, 0.5) is 0 Å². The van der Waals surface area contributed by atoms with Crippen molar-refractivity contribution in [3.8, 4) is 29.5 Å². The minimum Gasteiger partial charge on any atom is -0.485 e. The summed E-state index contributed by atoms with van der Waals surface area (Å²) in [5.41, 5.74) is 5.75. The molecule has 1 aliphatic heterocycles. The summed E-state index contributed by atoms with van der Waals surface area (Å²) in [4.78, 5) is 15.8. The maximum atomic E-state index is 11.5. The highest BCUT2D eigenvalue weighted by molar-refractivity contribution is 5.91. The van der Waals surface area contributed by atoms with Gasteiger partial charge in [0.05, 0.1) is 17.7 Å². The van der Waals surface area contributed by atoms with E-state index < -0.39 is 17.6 Å². The second-order valence-electron chi connectivity index (χ2n) is 6.08. The lowest BCUT2D eigenvalue weighted by molar-refractivity contribution is -0.0394. The first-order chi connectivity index (χ1) is 11.8. The lowest BCUT2D eigenvalue weighted by Crippen LogP contribution is -2.42. The average molecular weight is 341 g/mol. The number of fused-ring (bicyclic) bond motifs is 3. The number of carbonyl (C=O) groups excluding carboxylic acids is 1. The maximum Gasteiger partial charge on any atom is 0.268 e. The Morgan fingerprint density at radius 1 is 1.48 bits per heavy atom. The number of aromatic nitrogens is 2. The van der Waals surface area contributed by atoms with Gasteiger partial charge in [0, 0.05) is 11.8 Å². The molecule has 0 fully saturated rings. The van der Waals surface area contributed by atoms with Gasteiger partial charge in [-0.1, -0.05) is 19.8 Å². The van der Waals surface area contributed by atoms with Crippen molar-refractivity contribution in [2.45, 2.75) is 45.9 Å². The molecule has 1 amide bonds. The number of aliphatic hydroxyl groups is 1. The number of amides is 1. The second-order valence-corrected chi connectivity index (χ2v) is 6.08. The summed E-state index contributed by atoms with van der Waals surface area (Å²) in [6.07, 6.45) is 6.51. The Labute approximate surface area is 147 Å². The highest BCUT2D eigenvalue weighted by atomic mass is 16.5. The van der Waals surface area contributed by atoms with Gasteiger partial charge in [-0.15, -0.1) is 6.42 Å². The molecule has 1 atom stereocenters. The SMILES string of the molecule is C#Cc1ccc2c(c1)-c1nc(C(N)=O)cn1CC(C(C)(C)O)O2.CC. The molecule has 0 spiro atoms. The predicted octanol–water partition coefficient (Wildman–Crippen LogP) is 2.19. The van der Waals surface area contributed by atoms with Crippen LogP contribution in [0, 0.1) is 12.3 Å². The van der Waals surface area contributed by atoms with Crippen molar-refractivity contribution in [2.24, 2.45) is 5.73 Å². The van der Waals surface area contributed by atoms with Crippen LogP contribution in [0.2, 0.25) is 0 Å². The Hall–Kier alpha value is -2.78. The largest absolute Gasteiger partial charge is 0.485 e. The van der Waals surface area contributed by atoms with Gasteiger partial charge in [0.25, 0.3) is 5.91 Å². The van der Waals surface area contributed by atoms with Gasteiger partial charge in [0.1, 0.15) is 23.4 Å². The van der Waals surface area contributed by atoms with Crippen LogP contribution in [-0.4, -0.2) is 32.3 Å². The van der Waals surface area contributed by atoms with Crippen molar-refractivity contribution in [1.82, 2.24) is 9.55 Å². The zero-order chi connectivity index (χ0) is 18.8. The molecule has 1 aromatic carbocycles. The summed E-state index contributed by atoms with van der Waals surface area (Å²) in [7, 11) is 0. The average Bonchev–Trinajstić information content (AvgIpc) is 2.93. The fourth-order valence-electron chi connectivity index (χ4n) is 2.52. The molecule has 0 saturated heterocycles. The third-order valence-corrected chi connectivity index (χ3v) is 3.84. The number of hydrogen-bond donors (Lipinski definition) is 2. The number of imidazole rings is 1. The summed E-state index contributed by atoms with van der Waals surface area (Å²) in [6, 6.07) is 5.27. The Morgan fingerprint density at radius 2 is 2.16 bits per heavy atom. The molecule has 3 N–H and O–H groups in total. The van der Waals surface area contributed by atoms with Gasteiger partial charge in [-0.2, -0.15) is 0 Å². The van der Waals surface area contributed by atoms with E-state index in [1.54, 1.807) is 42.8 Å². The molecule has 6 nitrogen and oxygen atoms in total. The van der Waals surface area contributed by atoms with Gasteiger partial charge in [-0.25, -0.2) is 4.98 Å². The van der Waals surface area contributed by atoms with Gasteiger partial charge in [0.15, 0.2) is 0 Å². The molecule has 132 valence electrons. The summed E-state index contributed by atoms with van der Waals surface area (Å²) in [5, 5.41) is 10.4. The number of nitrogens with two attached hydrogens (primary N) is 1. The van der Waals surface area contributed by atoms with Crippen molar-refractivity contribution in [3.63, 3.8) is 0 Å². The summed E-state index contributed by atoms with van der Waals surface area (Å²) >= 11 is 0. The van der Waals surface area contributed by atoms with E-state index in [2.05, 4.69) is 10.9 Å². The number of rotatable bonds is 2. The highest BCUT2D eigenvalue weighted by Gasteiger charge is 2.34. The number of nitrogens with zero attached hydrogens (tertiary/aromatic N) is 2. The monoisotopic (exact) mass is 341 g/mol. The summed E-state index contributed by atoms with van der Waals surface area (Å²) in [5.74, 6) is 3.05. The van der Waals surface area contributed by atoms with Gasteiger partial charge in [-0.3, -0.25) is 4.79 Å². The van der Waals surface area contributed by atoms with Crippen LogP contribution in [0.25, 0.3) is 11.4 Å². The molecule has 0 saturated carbocycles. The molecular formula is C19H23N3O3. The topological polar surface area (TPSA) is 90.4 Å². The van der Waals surface area contributed by atoms with E-state index in [9.17, 15) is 9.90 Å². The van der Waals surface area contributed by atoms with E-state index in [-0.39, 0.29) is 5.69 Å². The number of primary amides is 1. The number of terminal acetylenes is 1. The van der Waals surface area contributed by atoms with Gasteiger partial charge in [-0.05, 0) is 32.0 Å². The van der Waals surface area contributed by atoms with Crippen LogP contribution >= 0.6 is 0 Å². The number of benzene rings is 1. The molecule has 1 aliphatic rings. The van der Waals surface area contributed by atoms with Gasteiger partial charge < -0.3 is 20.1 Å². The van der Waals surface area contributed by atoms with Crippen LogP contribution in [0.5, 0.6) is 5.75 Å². The van der Waals surface area contributed by atoms with E-state index in [4.69, 9.17) is 16.9 Å². The molecule has 25 heavy (non-hydrogen) atoms. The first-order valence-corrected chi connectivity index (χ1v) is 8.16. The normalized spacial score (nSPS) is 15.4. The molecule has 2 heterocycles.